The van der Waals surface area contributed by atoms with Gasteiger partial charge in [-0.1, -0.05) is 13.8 Å². The first kappa shape index (κ1) is 12.9. The number of nitrogens with zero attached hydrogens (tertiary/aromatic N) is 2. The predicted octanol–water partition coefficient (Wildman–Crippen LogP) is 0.256. The standard InChI is InChI=1S/C11H20N4O/c1-7-14-5-8(12)9(15-7)4-10(13)11(2,3)6-16/h5,10,16H,4,6,12-13H2,1-3H3. The summed E-state index contributed by atoms with van der Waals surface area (Å²) < 4.78 is 0. The van der Waals surface area contributed by atoms with Crippen molar-refractivity contribution < 1.29 is 5.11 Å². The first-order valence-electron chi connectivity index (χ1n) is 5.31. The minimum atomic E-state index is -0.342. The van der Waals surface area contributed by atoms with Gasteiger partial charge in [-0.2, -0.15) is 0 Å². The van der Waals surface area contributed by atoms with E-state index in [9.17, 15) is 5.11 Å². The number of aliphatic hydroxyl groups is 1. The molecule has 0 aliphatic rings. The van der Waals surface area contributed by atoms with Gasteiger partial charge in [-0.3, -0.25) is 0 Å². The Balaban J connectivity index is 2.84. The molecule has 90 valence electrons. The molecule has 1 rings (SSSR count). The van der Waals surface area contributed by atoms with Gasteiger partial charge in [-0.15, -0.1) is 0 Å². The van der Waals surface area contributed by atoms with E-state index >= 15 is 0 Å². The van der Waals surface area contributed by atoms with E-state index in [1.807, 2.05) is 20.8 Å². The SMILES string of the molecule is Cc1ncc(N)c(CC(N)C(C)(C)CO)n1. The topological polar surface area (TPSA) is 98.0 Å². The summed E-state index contributed by atoms with van der Waals surface area (Å²) in [5.41, 5.74) is 12.8. The molecule has 1 unspecified atom stereocenters. The lowest BCUT2D eigenvalue weighted by molar-refractivity contribution is 0.131. The van der Waals surface area contributed by atoms with E-state index in [1.54, 1.807) is 6.20 Å². The van der Waals surface area contributed by atoms with Gasteiger partial charge in [0.25, 0.3) is 0 Å². The van der Waals surface area contributed by atoms with Crippen molar-refractivity contribution in [3.05, 3.63) is 17.7 Å². The van der Waals surface area contributed by atoms with Gasteiger partial charge in [0.2, 0.25) is 0 Å². The molecule has 1 atom stereocenters. The monoisotopic (exact) mass is 224 g/mol. The van der Waals surface area contributed by atoms with Crippen LogP contribution in [-0.2, 0) is 6.42 Å². The van der Waals surface area contributed by atoms with E-state index in [1.165, 1.54) is 0 Å². The summed E-state index contributed by atoms with van der Waals surface area (Å²) in [7, 11) is 0. The first-order valence-corrected chi connectivity index (χ1v) is 5.31. The molecule has 1 aromatic heterocycles. The lowest BCUT2D eigenvalue weighted by Gasteiger charge is -2.29. The molecule has 0 bridgehead atoms. The maximum Gasteiger partial charge on any atom is 0.125 e. The largest absolute Gasteiger partial charge is 0.396 e. The molecule has 0 amide bonds. The van der Waals surface area contributed by atoms with Gasteiger partial charge < -0.3 is 16.6 Å². The fraction of sp³-hybridized carbons (Fsp3) is 0.636. The van der Waals surface area contributed by atoms with Crippen LogP contribution in [0, 0.1) is 12.3 Å². The molecular weight excluding hydrogens is 204 g/mol. The van der Waals surface area contributed by atoms with E-state index in [2.05, 4.69) is 9.97 Å². The summed E-state index contributed by atoms with van der Waals surface area (Å²) in [6.07, 6.45) is 2.14. The quantitative estimate of drug-likeness (QED) is 0.681. The van der Waals surface area contributed by atoms with Crippen LogP contribution in [0.25, 0.3) is 0 Å². The number of aromatic nitrogens is 2. The molecule has 5 N–H and O–H groups in total. The molecule has 0 aliphatic heterocycles. The Morgan fingerprint density at radius 1 is 1.50 bits per heavy atom. The Kier molecular flexibility index (Phi) is 3.83. The van der Waals surface area contributed by atoms with Crippen molar-refractivity contribution in [2.45, 2.75) is 33.2 Å². The molecule has 0 saturated carbocycles. The molecule has 1 aromatic rings. The minimum absolute atomic E-state index is 0.0398. The highest BCUT2D eigenvalue weighted by atomic mass is 16.3. The van der Waals surface area contributed by atoms with E-state index in [4.69, 9.17) is 11.5 Å². The van der Waals surface area contributed by atoms with Crippen LogP contribution >= 0.6 is 0 Å². The fourth-order valence-corrected chi connectivity index (χ4v) is 1.29. The van der Waals surface area contributed by atoms with Gasteiger partial charge in [0.05, 0.1) is 17.6 Å². The molecule has 0 aromatic carbocycles. The fourth-order valence-electron chi connectivity index (χ4n) is 1.29. The Hall–Kier alpha value is -1.20. The highest BCUT2D eigenvalue weighted by Gasteiger charge is 2.26. The van der Waals surface area contributed by atoms with E-state index in [-0.39, 0.29) is 18.1 Å². The van der Waals surface area contributed by atoms with Gasteiger partial charge in [0.1, 0.15) is 5.82 Å². The van der Waals surface area contributed by atoms with Crippen LogP contribution in [0.5, 0.6) is 0 Å². The number of hydrogen-bond donors (Lipinski definition) is 3. The summed E-state index contributed by atoms with van der Waals surface area (Å²) in [5, 5.41) is 9.22. The number of nitrogen functional groups attached to an aromatic ring is 1. The number of hydrogen-bond acceptors (Lipinski definition) is 5. The van der Waals surface area contributed by atoms with Crippen LogP contribution in [0.15, 0.2) is 6.20 Å². The first-order chi connectivity index (χ1) is 7.36. The maximum absolute atomic E-state index is 9.22. The smallest absolute Gasteiger partial charge is 0.125 e. The predicted molar refractivity (Wildman–Crippen MR) is 63.7 cm³/mol. The zero-order valence-corrected chi connectivity index (χ0v) is 10.1. The van der Waals surface area contributed by atoms with Crippen LogP contribution < -0.4 is 11.5 Å². The second-order valence-electron chi connectivity index (χ2n) is 4.78. The summed E-state index contributed by atoms with van der Waals surface area (Å²) in [6.45, 7) is 5.69. The summed E-state index contributed by atoms with van der Waals surface area (Å²) in [6, 6.07) is -0.186. The number of rotatable bonds is 4. The number of nitrogens with two attached hydrogens (primary N) is 2. The molecule has 0 spiro atoms. The van der Waals surface area contributed by atoms with Crippen LogP contribution in [-0.4, -0.2) is 27.7 Å². The summed E-state index contributed by atoms with van der Waals surface area (Å²) in [4.78, 5) is 8.27. The van der Waals surface area contributed by atoms with Gasteiger partial charge in [-0.25, -0.2) is 9.97 Å². The Labute approximate surface area is 95.9 Å². The maximum atomic E-state index is 9.22. The zero-order chi connectivity index (χ0) is 12.3. The summed E-state index contributed by atoms with van der Waals surface area (Å²) in [5.74, 6) is 0.679. The highest BCUT2D eigenvalue weighted by Crippen LogP contribution is 2.22. The molecule has 1 heterocycles. The van der Waals surface area contributed by atoms with Gasteiger partial charge in [0, 0.05) is 24.5 Å². The Bertz CT molecular complexity index is 365. The lowest BCUT2D eigenvalue weighted by Crippen LogP contribution is -2.42. The van der Waals surface area contributed by atoms with Crippen molar-refractivity contribution in [2.24, 2.45) is 11.1 Å². The van der Waals surface area contributed by atoms with Crippen LogP contribution in [0.4, 0.5) is 5.69 Å². The molecule has 0 aliphatic carbocycles. The van der Waals surface area contributed by atoms with Gasteiger partial charge >= 0.3 is 0 Å². The Morgan fingerprint density at radius 3 is 2.69 bits per heavy atom. The van der Waals surface area contributed by atoms with Crippen molar-refractivity contribution in [1.82, 2.24) is 9.97 Å². The van der Waals surface area contributed by atoms with E-state index in [0.717, 1.165) is 5.69 Å². The molecule has 5 heteroatoms. The third kappa shape index (κ3) is 2.90. The minimum Gasteiger partial charge on any atom is -0.396 e. The van der Waals surface area contributed by atoms with Crippen molar-refractivity contribution >= 4 is 5.69 Å². The molecule has 0 fully saturated rings. The normalized spacial score (nSPS) is 13.8. The molecule has 5 nitrogen and oxygen atoms in total. The van der Waals surface area contributed by atoms with E-state index in [0.29, 0.717) is 17.9 Å². The van der Waals surface area contributed by atoms with Crippen LogP contribution in [0.2, 0.25) is 0 Å². The molecule has 0 saturated heterocycles. The van der Waals surface area contributed by atoms with Crippen molar-refractivity contribution in [3.8, 4) is 0 Å². The van der Waals surface area contributed by atoms with Crippen molar-refractivity contribution in [2.75, 3.05) is 12.3 Å². The van der Waals surface area contributed by atoms with Crippen LogP contribution in [0.3, 0.4) is 0 Å². The number of aliphatic hydroxyl groups excluding tert-OH is 1. The molecular formula is C11H20N4O. The second kappa shape index (κ2) is 4.76. The zero-order valence-electron chi connectivity index (χ0n) is 10.1. The molecule has 0 radical (unpaired) electrons. The van der Waals surface area contributed by atoms with Crippen molar-refractivity contribution in [1.29, 1.82) is 0 Å². The van der Waals surface area contributed by atoms with Crippen molar-refractivity contribution in [3.63, 3.8) is 0 Å². The van der Waals surface area contributed by atoms with Gasteiger partial charge in [0.15, 0.2) is 0 Å². The lowest BCUT2D eigenvalue weighted by atomic mass is 9.83. The Morgan fingerprint density at radius 2 is 2.12 bits per heavy atom. The third-order valence-corrected chi connectivity index (χ3v) is 2.85. The molecule has 16 heavy (non-hydrogen) atoms. The number of anilines is 1. The van der Waals surface area contributed by atoms with Crippen LogP contribution in [0.1, 0.15) is 25.4 Å². The number of aryl methyl sites for hydroxylation is 1. The summed E-state index contributed by atoms with van der Waals surface area (Å²) >= 11 is 0. The van der Waals surface area contributed by atoms with Gasteiger partial charge in [-0.05, 0) is 6.92 Å². The van der Waals surface area contributed by atoms with E-state index < -0.39 is 0 Å². The average molecular weight is 224 g/mol. The highest BCUT2D eigenvalue weighted by molar-refractivity contribution is 5.40. The second-order valence-corrected chi connectivity index (χ2v) is 4.78. The average Bonchev–Trinajstić information content (AvgIpc) is 2.23. The third-order valence-electron chi connectivity index (χ3n) is 2.85.